The Morgan fingerprint density at radius 2 is 2.03 bits per heavy atom. The number of amides is 1. The van der Waals surface area contributed by atoms with Crippen LogP contribution in [0, 0.1) is 5.82 Å². The van der Waals surface area contributed by atoms with Crippen LogP contribution in [0.2, 0.25) is 0 Å². The Morgan fingerprint density at radius 3 is 2.79 bits per heavy atom. The van der Waals surface area contributed by atoms with Gasteiger partial charge in [0.2, 0.25) is 0 Å². The van der Waals surface area contributed by atoms with Crippen molar-refractivity contribution in [2.45, 2.75) is 24.8 Å². The molecule has 1 saturated carbocycles. The first kappa shape index (κ1) is 20.4. The number of rotatable bonds is 5. The third kappa shape index (κ3) is 2.98. The highest BCUT2D eigenvalue weighted by Crippen LogP contribution is 2.48. The summed E-state index contributed by atoms with van der Waals surface area (Å²) in [4.78, 5) is 29.7. The molecule has 0 bridgehead atoms. The number of nitrogens with zero attached hydrogens (tertiary/aromatic N) is 3. The maximum atomic E-state index is 14.4. The van der Waals surface area contributed by atoms with Gasteiger partial charge in [0.15, 0.2) is 11.6 Å². The van der Waals surface area contributed by atoms with Gasteiger partial charge in [-0.1, -0.05) is 6.07 Å². The van der Waals surface area contributed by atoms with Crippen molar-refractivity contribution in [1.29, 1.82) is 0 Å². The van der Waals surface area contributed by atoms with Crippen molar-refractivity contribution < 1.29 is 18.7 Å². The molecule has 4 heterocycles. The number of H-pyrrole nitrogens is 1. The average molecular weight is 460 g/mol. The second-order valence-electron chi connectivity index (χ2n) is 8.32. The van der Waals surface area contributed by atoms with Crippen LogP contribution in [0.15, 0.2) is 36.7 Å². The Bertz CT molecular complexity index is 1450. The summed E-state index contributed by atoms with van der Waals surface area (Å²) in [6.45, 7) is 0. The normalized spacial score (nSPS) is 18.5. The molecule has 0 spiro atoms. The van der Waals surface area contributed by atoms with Crippen LogP contribution in [0.4, 0.5) is 15.8 Å². The van der Waals surface area contributed by atoms with Crippen LogP contribution in [0.3, 0.4) is 0 Å². The Hall–Kier alpha value is -4.21. The number of fused-ring (bicyclic) bond motifs is 4. The van der Waals surface area contributed by atoms with Gasteiger partial charge in [-0.25, -0.2) is 9.37 Å². The quantitative estimate of drug-likeness (QED) is 0.414. The number of para-hydroxylation sites is 1. The zero-order valence-electron chi connectivity index (χ0n) is 18.5. The third-order valence-electron chi connectivity index (χ3n) is 6.56. The lowest BCUT2D eigenvalue weighted by atomic mass is 9.74. The molecule has 1 amide bonds. The standard InChI is InChI=1S/C24H21FN6O3/c1-33-22-13(25)4-3-5-15(22)28-21-17-19(11-6-7-14(11)29-23(17)32)30-20(21)12-8-9-26-16-10-27-24(34-2)31-18(12)16/h3-5,8-11,14,28,30H,6-7H2,1-2H3,(H,29,32)/t11-,14+/m0/s1. The molecule has 2 aliphatic rings. The Kier molecular flexibility index (Phi) is 4.61. The Labute approximate surface area is 193 Å². The number of pyridine rings is 1. The molecule has 4 aromatic rings. The van der Waals surface area contributed by atoms with Gasteiger partial charge in [0.25, 0.3) is 5.91 Å². The van der Waals surface area contributed by atoms with Crippen molar-refractivity contribution in [2.24, 2.45) is 0 Å². The minimum atomic E-state index is -0.506. The van der Waals surface area contributed by atoms with Gasteiger partial charge in [0.05, 0.1) is 43.0 Å². The van der Waals surface area contributed by atoms with Crippen LogP contribution in [0.25, 0.3) is 22.3 Å². The van der Waals surface area contributed by atoms with E-state index in [9.17, 15) is 9.18 Å². The first-order valence-electron chi connectivity index (χ1n) is 10.9. The molecule has 0 radical (unpaired) electrons. The third-order valence-corrected chi connectivity index (χ3v) is 6.56. The lowest BCUT2D eigenvalue weighted by Crippen LogP contribution is -2.49. The van der Waals surface area contributed by atoms with Crippen LogP contribution in [-0.2, 0) is 0 Å². The molecule has 9 nitrogen and oxygen atoms in total. The molecule has 1 aromatic carbocycles. The fourth-order valence-electron chi connectivity index (χ4n) is 4.79. The van der Waals surface area contributed by atoms with Gasteiger partial charge in [-0.05, 0) is 31.0 Å². The van der Waals surface area contributed by atoms with E-state index in [0.29, 0.717) is 39.2 Å². The van der Waals surface area contributed by atoms with Crippen molar-refractivity contribution >= 4 is 28.3 Å². The fourth-order valence-corrected chi connectivity index (χ4v) is 4.79. The molecule has 0 unspecified atom stereocenters. The predicted molar refractivity (Wildman–Crippen MR) is 123 cm³/mol. The summed E-state index contributed by atoms with van der Waals surface area (Å²) in [5.74, 6) is -0.436. The summed E-state index contributed by atoms with van der Waals surface area (Å²) < 4.78 is 25.0. The number of benzene rings is 1. The number of carbonyl (C=O) groups is 1. The monoisotopic (exact) mass is 460 g/mol. The second kappa shape index (κ2) is 7.68. The smallest absolute Gasteiger partial charge is 0.316 e. The van der Waals surface area contributed by atoms with E-state index in [2.05, 4.69) is 30.6 Å². The molecule has 1 fully saturated rings. The van der Waals surface area contributed by atoms with Crippen molar-refractivity contribution in [3.8, 4) is 23.0 Å². The van der Waals surface area contributed by atoms with Gasteiger partial charge in [0.1, 0.15) is 11.0 Å². The van der Waals surface area contributed by atoms with Crippen molar-refractivity contribution in [3.05, 3.63) is 53.7 Å². The van der Waals surface area contributed by atoms with E-state index in [4.69, 9.17) is 9.47 Å². The van der Waals surface area contributed by atoms with Crippen LogP contribution in [0.5, 0.6) is 11.8 Å². The highest BCUT2D eigenvalue weighted by molar-refractivity contribution is 6.08. The molecule has 1 aliphatic carbocycles. The van der Waals surface area contributed by atoms with E-state index in [1.54, 1.807) is 24.5 Å². The maximum Gasteiger partial charge on any atom is 0.316 e. The van der Waals surface area contributed by atoms with Crippen molar-refractivity contribution in [2.75, 3.05) is 19.5 Å². The number of hydrogen-bond donors (Lipinski definition) is 3. The first-order valence-corrected chi connectivity index (χ1v) is 10.9. The number of carbonyl (C=O) groups excluding carboxylic acids is 1. The molecule has 34 heavy (non-hydrogen) atoms. The SMILES string of the molecule is COc1ncc2nccc(-c3[nH]c4c(c3Nc3cccc(F)c3OC)C(=O)N[C@@H]3CC[C@H]43)c2n1. The van der Waals surface area contributed by atoms with Crippen LogP contribution >= 0.6 is 0 Å². The molecular weight excluding hydrogens is 439 g/mol. The molecule has 172 valence electrons. The summed E-state index contributed by atoms with van der Waals surface area (Å²) >= 11 is 0. The lowest BCUT2D eigenvalue weighted by molar-refractivity contribution is 0.0878. The summed E-state index contributed by atoms with van der Waals surface area (Å²) in [6, 6.07) is 6.74. The number of aromatic nitrogens is 4. The van der Waals surface area contributed by atoms with Crippen LogP contribution in [0.1, 0.15) is 34.8 Å². The van der Waals surface area contributed by atoms with E-state index in [1.165, 1.54) is 20.3 Å². The van der Waals surface area contributed by atoms with Crippen molar-refractivity contribution in [1.82, 2.24) is 25.3 Å². The number of hydrogen-bond acceptors (Lipinski definition) is 7. The zero-order chi connectivity index (χ0) is 23.4. The van der Waals surface area contributed by atoms with Gasteiger partial charge < -0.3 is 25.1 Å². The molecule has 1 aliphatic heterocycles. The van der Waals surface area contributed by atoms with Gasteiger partial charge in [0, 0.05) is 29.4 Å². The fraction of sp³-hybridized carbons (Fsp3) is 0.250. The summed E-state index contributed by atoms with van der Waals surface area (Å²) in [7, 11) is 2.90. The van der Waals surface area contributed by atoms with Crippen LogP contribution < -0.4 is 20.1 Å². The highest BCUT2D eigenvalue weighted by atomic mass is 19.1. The summed E-state index contributed by atoms with van der Waals surface area (Å²) in [5, 5.41) is 6.37. The number of aromatic amines is 1. The number of ether oxygens (including phenoxy) is 2. The number of halogens is 1. The molecule has 3 aromatic heterocycles. The Balaban J connectivity index is 1.60. The minimum Gasteiger partial charge on any atom is -0.492 e. The highest BCUT2D eigenvalue weighted by Gasteiger charge is 2.43. The summed E-state index contributed by atoms with van der Waals surface area (Å²) in [5.41, 5.74) is 4.78. The number of nitrogens with one attached hydrogen (secondary N) is 3. The number of methoxy groups -OCH3 is 2. The van der Waals surface area contributed by atoms with E-state index >= 15 is 0 Å². The largest absolute Gasteiger partial charge is 0.492 e. The van der Waals surface area contributed by atoms with E-state index in [1.807, 2.05) is 6.07 Å². The predicted octanol–water partition coefficient (Wildman–Crippen LogP) is 3.91. The molecule has 2 atom stereocenters. The van der Waals surface area contributed by atoms with Gasteiger partial charge in [-0.15, -0.1) is 0 Å². The van der Waals surface area contributed by atoms with Gasteiger partial charge >= 0.3 is 6.01 Å². The average Bonchev–Trinajstić information content (AvgIpc) is 3.19. The lowest BCUT2D eigenvalue weighted by Gasteiger charge is -2.40. The molecule has 0 saturated heterocycles. The van der Waals surface area contributed by atoms with Crippen LogP contribution in [-0.4, -0.2) is 46.1 Å². The molecule has 3 N–H and O–H groups in total. The molecule has 6 rings (SSSR count). The topological polar surface area (TPSA) is 114 Å². The van der Waals surface area contributed by atoms with Crippen molar-refractivity contribution in [3.63, 3.8) is 0 Å². The van der Waals surface area contributed by atoms with E-state index < -0.39 is 5.82 Å². The van der Waals surface area contributed by atoms with E-state index in [-0.39, 0.29) is 29.6 Å². The maximum absolute atomic E-state index is 14.4. The van der Waals surface area contributed by atoms with Gasteiger partial charge in [-0.3, -0.25) is 9.78 Å². The van der Waals surface area contributed by atoms with E-state index in [0.717, 1.165) is 18.5 Å². The van der Waals surface area contributed by atoms with Gasteiger partial charge in [-0.2, -0.15) is 4.98 Å². The minimum absolute atomic E-state index is 0.0599. The first-order chi connectivity index (χ1) is 16.6. The molecular formula is C24H21FN6O3. The number of anilines is 2. The molecule has 10 heteroatoms. The second-order valence-corrected chi connectivity index (χ2v) is 8.32. The Morgan fingerprint density at radius 1 is 1.15 bits per heavy atom. The zero-order valence-corrected chi connectivity index (χ0v) is 18.5. The summed E-state index contributed by atoms with van der Waals surface area (Å²) in [6.07, 6.45) is 5.15.